The summed E-state index contributed by atoms with van der Waals surface area (Å²) < 4.78 is 50.1. The van der Waals surface area contributed by atoms with Crippen molar-refractivity contribution < 1.29 is 32.5 Å². The molecular formula is C22H35F3O4. The van der Waals surface area contributed by atoms with E-state index in [-0.39, 0.29) is 12.6 Å². The first-order chi connectivity index (χ1) is 13.2. The zero-order chi connectivity index (χ0) is 21.8. The van der Waals surface area contributed by atoms with Crippen LogP contribution in [-0.2, 0) is 14.3 Å². The Morgan fingerprint density at radius 1 is 1.07 bits per heavy atom. The number of rotatable bonds is 7. The van der Waals surface area contributed by atoms with Gasteiger partial charge in [-0.05, 0) is 90.4 Å². The van der Waals surface area contributed by atoms with Gasteiger partial charge in [-0.15, -0.1) is 0 Å². The molecule has 2 unspecified atom stereocenters. The van der Waals surface area contributed by atoms with Gasteiger partial charge < -0.3 is 14.6 Å². The second-order valence-electron chi connectivity index (χ2n) is 10.6. The van der Waals surface area contributed by atoms with Crippen LogP contribution in [0.5, 0.6) is 0 Å². The molecule has 2 atom stereocenters. The minimum absolute atomic E-state index is 0.295. The normalized spacial score (nSPS) is 37.3. The summed E-state index contributed by atoms with van der Waals surface area (Å²) in [7, 11) is 0. The van der Waals surface area contributed by atoms with Crippen LogP contribution >= 0.6 is 0 Å². The maximum Gasteiger partial charge on any atom is 0.416 e. The minimum Gasteiger partial charge on any atom is -0.458 e. The molecule has 4 aliphatic rings. The molecule has 0 aliphatic heterocycles. The average Bonchev–Trinajstić information content (AvgIpc) is 2.57. The van der Waals surface area contributed by atoms with E-state index < -0.39 is 35.3 Å². The number of esters is 1. The second kappa shape index (κ2) is 7.40. The van der Waals surface area contributed by atoms with E-state index in [0.29, 0.717) is 11.8 Å². The predicted molar refractivity (Wildman–Crippen MR) is 102 cm³/mol. The topological polar surface area (TPSA) is 55.8 Å². The van der Waals surface area contributed by atoms with Crippen LogP contribution in [0.25, 0.3) is 0 Å². The van der Waals surface area contributed by atoms with Crippen molar-refractivity contribution in [1.29, 1.82) is 0 Å². The summed E-state index contributed by atoms with van der Waals surface area (Å²) in [6, 6.07) is 0. The lowest BCUT2D eigenvalue weighted by atomic mass is 9.50. The van der Waals surface area contributed by atoms with Crippen LogP contribution in [0, 0.1) is 29.1 Å². The standard InChI is InChI=1S/C22H35F3O4/c1-13(28-7-6-20(4,27)22(23,24)25)19(2,3)18(26)29-21(5)16-9-14-8-15(11-16)12-17(21)10-14/h13-17,27H,6-12H2,1-5H3. The first kappa shape index (κ1) is 22.9. The second-order valence-corrected chi connectivity index (χ2v) is 10.6. The summed E-state index contributed by atoms with van der Waals surface area (Å²) in [5, 5.41) is 9.55. The quantitative estimate of drug-likeness (QED) is 0.597. The highest BCUT2D eigenvalue weighted by Crippen LogP contribution is 2.59. The van der Waals surface area contributed by atoms with E-state index in [4.69, 9.17) is 9.47 Å². The highest BCUT2D eigenvalue weighted by Gasteiger charge is 2.58. The highest BCUT2D eigenvalue weighted by molar-refractivity contribution is 5.77. The summed E-state index contributed by atoms with van der Waals surface area (Å²) in [5.74, 6) is 1.97. The molecular weight excluding hydrogens is 385 g/mol. The maximum absolute atomic E-state index is 13.1. The molecule has 4 aliphatic carbocycles. The predicted octanol–water partition coefficient (Wildman–Crippen LogP) is 4.88. The van der Waals surface area contributed by atoms with Gasteiger partial charge in [0.05, 0.1) is 18.1 Å². The number of alkyl halides is 3. The van der Waals surface area contributed by atoms with Gasteiger partial charge in [-0.2, -0.15) is 13.2 Å². The fourth-order valence-electron chi connectivity index (χ4n) is 5.57. The van der Waals surface area contributed by atoms with Gasteiger partial charge in [0.1, 0.15) is 5.60 Å². The van der Waals surface area contributed by atoms with Crippen LogP contribution in [0.15, 0.2) is 0 Å². The molecule has 0 spiro atoms. The summed E-state index contributed by atoms with van der Waals surface area (Å²) in [5.41, 5.74) is -4.27. The largest absolute Gasteiger partial charge is 0.458 e. The molecule has 0 heterocycles. The van der Waals surface area contributed by atoms with E-state index in [9.17, 15) is 23.1 Å². The zero-order valence-corrected chi connectivity index (χ0v) is 18.1. The number of halogens is 3. The van der Waals surface area contributed by atoms with Gasteiger partial charge in [0.15, 0.2) is 5.60 Å². The third-order valence-electron chi connectivity index (χ3n) is 8.18. The van der Waals surface area contributed by atoms with Crippen molar-refractivity contribution in [2.45, 2.75) is 96.6 Å². The van der Waals surface area contributed by atoms with Gasteiger partial charge >= 0.3 is 12.1 Å². The Morgan fingerprint density at radius 2 is 1.55 bits per heavy atom. The van der Waals surface area contributed by atoms with E-state index in [2.05, 4.69) is 6.92 Å². The van der Waals surface area contributed by atoms with Crippen molar-refractivity contribution in [3.63, 3.8) is 0 Å². The molecule has 0 aromatic carbocycles. The minimum atomic E-state index is -4.72. The summed E-state index contributed by atoms with van der Waals surface area (Å²) in [6.07, 6.45) is -0.148. The molecule has 1 N–H and O–H groups in total. The van der Waals surface area contributed by atoms with Crippen molar-refractivity contribution in [2.75, 3.05) is 6.61 Å². The SMILES string of the molecule is CC(OCCC(C)(O)C(F)(F)F)C(C)(C)C(=O)OC1(C)C2CC3CC(C2)CC1C3. The molecule has 4 fully saturated rings. The maximum atomic E-state index is 13.1. The molecule has 0 saturated heterocycles. The summed E-state index contributed by atoms with van der Waals surface area (Å²) >= 11 is 0. The van der Waals surface area contributed by atoms with Gasteiger partial charge in [-0.3, -0.25) is 4.79 Å². The number of hydrogen-bond donors (Lipinski definition) is 1. The molecule has 4 saturated carbocycles. The van der Waals surface area contributed by atoms with E-state index in [1.807, 2.05) is 0 Å². The molecule has 0 radical (unpaired) electrons. The molecule has 29 heavy (non-hydrogen) atoms. The van der Waals surface area contributed by atoms with Crippen molar-refractivity contribution in [1.82, 2.24) is 0 Å². The van der Waals surface area contributed by atoms with E-state index in [1.54, 1.807) is 20.8 Å². The fraction of sp³-hybridized carbons (Fsp3) is 0.955. The van der Waals surface area contributed by atoms with Gasteiger partial charge in [0.25, 0.3) is 0 Å². The lowest BCUT2D eigenvalue weighted by molar-refractivity contribution is -0.259. The van der Waals surface area contributed by atoms with Crippen LogP contribution < -0.4 is 0 Å². The molecule has 4 nitrogen and oxygen atoms in total. The lowest BCUT2D eigenvalue weighted by Gasteiger charge is -2.59. The summed E-state index contributed by atoms with van der Waals surface area (Å²) in [6.45, 7) is 7.59. The van der Waals surface area contributed by atoms with Crippen molar-refractivity contribution in [2.24, 2.45) is 29.1 Å². The first-order valence-corrected chi connectivity index (χ1v) is 10.8. The Hall–Kier alpha value is -0.820. The van der Waals surface area contributed by atoms with Gasteiger partial charge in [-0.1, -0.05) is 0 Å². The Labute approximate surface area is 171 Å². The van der Waals surface area contributed by atoms with Crippen LogP contribution in [-0.4, -0.2) is 41.2 Å². The Bertz CT molecular complexity index is 598. The molecule has 0 amide bonds. The van der Waals surface area contributed by atoms with Crippen molar-refractivity contribution >= 4 is 5.97 Å². The molecule has 0 aromatic rings. The molecule has 0 aromatic heterocycles. The first-order valence-electron chi connectivity index (χ1n) is 10.8. The van der Waals surface area contributed by atoms with E-state index in [0.717, 1.165) is 44.4 Å². The van der Waals surface area contributed by atoms with Gasteiger partial charge in [0, 0.05) is 6.42 Å². The fourth-order valence-corrected chi connectivity index (χ4v) is 5.57. The molecule has 4 rings (SSSR count). The third-order valence-corrected chi connectivity index (χ3v) is 8.18. The van der Waals surface area contributed by atoms with E-state index in [1.165, 1.54) is 6.42 Å². The summed E-state index contributed by atoms with van der Waals surface area (Å²) in [4.78, 5) is 13.1. The molecule has 7 heteroatoms. The van der Waals surface area contributed by atoms with Crippen LogP contribution in [0.3, 0.4) is 0 Å². The van der Waals surface area contributed by atoms with Gasteiger partial charge in [0.2, 0.25) is 0 Å². The Kier molecular flexibility index (Phi) is 5.83. The van der Waals surface area contributed by atoms with Crippen molar-refractivity contribution in [3.8, 4) is 0 Å². The molecule has 4 bridgehead atoms. The zero-order valence-electron chi connectivity index (χ0n) is 18.1. The number of carbonyl (C=O) groups excluding carboxylic acids is 1. The number of aliphatic hydroxyl groups is 1. The molecule has 168 valence electrons. The van der Waals surface area contributed by atoms with Crippen molar-refractivity contribution in [3.05, 3.63) is 0 Å². The smallest absolute Gasteiger partial charge is 0.416 e. The van der Waals surface area contributed by atoms with E-state index >= 15 is 0 Å². The lowest BCUT2D eigenvalue weighted by Crippen LogP contribution is -2.59. The average molecular weight is 421 g/mol. The monoisotopic (exact) mass is 420 g/mol. The Balaban J connectivity index is 1.58. The number of hydrogen-bond acceptors (Lipinski definition) is 4. The van der Waals surface area contributed by atoms with Crippen LogP contribution in [0.1, 0.15) is 73.1 Å². The van der Waals surface area contributed by atoms with Crippen LogP contribution in [0.4, 0.5) is 13.2 Å². The highest BCUT2D eigenvalue weighted by atomic mass is 19.4. The third kappa shape index (κ3) is 4.18. The van der Waals surface area contributed by atoms with Gasteiger partial charge in [-0.25, -0.2) is 0 Å². The van der Waals surface area contributed by atoms with Crippen LogP contribution in [0.2, 0.25) is 0 Å². The number of carbonyl (C=O) groups is 1. The number of ether oxygens (including phenoxy) is 2. The Morgan fingerprint density at radius 3 is 2.00 bits per heavy atom.